The van der Waals surface area contributed by atoms with E-state index < -0.39 is 20.6 Å². The number of nitro benzene ring substituents is 1. The highest BCUT2D eigenvalue weighted by atomic mass is 35.5. The molecule has 0 saturated carbocycles. The van der Waals surface area contributed by atoms with Crippen LogP contribution in [0.2, 0.25) is 5.02 Å². The van der Waals surface area contributed by atoms with Crippen molar-refractivity contribution in [3.05, 3.63) is 81.4 Å². The lowest BCUT2D eigenvalue weighted by Gasteiger charge is -2.08. The van der Waals surface area contributed by atoms with Crippen molar-refractivity contribution in [2.75, 3.05) is 4.72 Å². The fourth-order valence-electron chi connectivity index (χ4n) is 3.38. The average Bonchev–Trinajstić information content (AvgIpc) is 3.12. The summed E-state index contributed by atoms with van der Waals surface area (Å²) in [5.41, 5.74) is 1.28. The van der Waals surface area contributed by atoms with Crippen LogP contribution in [0.5, 0.6) is 5.88 Å². The average molecular weight is 514 g/mol. The summed E-state index contributed by atoms with van der Waals surface area (Å²) >= 11 is 5.81. The van der Waals surface area contributed by atoms with E-state index in [9.17, 15) is 23.6 Å². The normalized spacial score (nSPS) is 12.0. The van der Waals surface area contributed by atoms with Crippen LogP contribution in [-0.2, 0) is 10.0 Å². The van der Waals surface area contributed by atoms with E-state index in [4.69, 9.17) is 11.6 Å². The molecule has 0 aliphatic heterocycles. The topological polar surface area (TPSA) is 150 Å². The van der Waals surface area contributed by atoms with Gasteiger partial charge in [-0.1, -0.05) is 31.5 Å². The number of rotatable bonds is 7. The van der Waals surface area contributed by atoms with Crippen LogP contribution in [0.25, 0.3) is 10.9 Å². The smallest absolute Gasteiger partial charge is 0.298 e. The van der Waals surface area contributed by atoms with Crippen LogP contribution < -0.4 is 4.72 Å². The van der Waals surface area contributed by atoms with Crippen LogP contribution in [-0.4, -0.2) is 23.4 Å². The van der Waals surface area contributed by atoms with Crippen LogP contribution in [0, 0.1) is 10.1 Å². The molecule has 1 aromatic heterocycles. The highest BCUT2D eigenvalue weighted by Gasteiger charge is 2.22. The largest absolute Gasteiger partial charge is 0.493 e. The Bertz CT molecular complexity index is 1560. The summed E-state index contributed by atoms with van der Waals surface area (Å²) in [7, 11) is -4.12. The minimum Gasteiger partial charge on any atom is -0.493 e. The fraction of sp³-hybridized carbons (Fsp3) is 0.130. The molecule has 4 aromatic rings. The number of hydrogen-bond donors (Lipinski definition) is 3. The lowest BCUT2D eigenvalue weighted by atomic mass is 10.0. The maximum Gasteiger partial charge on any atom is 0.298 e. The molecule has 0 bridgehead atoms. The molecule has 0 aliphatic rings. The Kier molecular flexibility index (Phi) is 6.46. The van der Waals surface area contributed by atoms with Crippen LogP contribution >= 0.6 is 11.6 Å². The number of nitrogens with one attached hydrogen (secondary N) is 2. The standard InChI is InChI=1S/C23H20ClN5O5S/c1-13(2)14-3-9-19-18(11-14)22(23(30)25-19)27-26-20-10-8-17(12-21(20)29(31)32)35(33,34)28-16-6-4-15(24)5-7-16/h3-13,25,28,30H,1-2H3. The van der Waals surface area contributed by atoms with E-state index in [2.05, 4.69) is 19.9 Å². The number of aromatic nitrogens is 1. The molecule has 0 amide bonds. The molecule has 3 aromatic carbocycles. The van der Waals surface area contributed by atoms with Gasteiger partial charge in [-0.2, -0.15) is 0 Å². The number of H-pyrrole nitrogens is 1. The van der Waals surface area contributed by atoms with E-state index in [0.29, 0.717) is 15.9 Å². The third-order valence-electron chi connectivity index (χ3n) is 5.25. The molecule has 10 nitrogen and oxygen atoms in total. The summed E-state index contributed by atoms with van der Waals surface area (Å²) < 4.78 is 27.8. The van der Waals surface area contributed by atoms with Crippen molar-refractivity contribution in [1.29, 1.82) is 0 Å². The van der Waals surface area contributed by atoms with Crippen molar-refractivity contribution in [3.8, 4) is 5.88 Å². The van der Waals surface area contributed by atoms with Gasteiger partial charge in [0.15, 0.2) is 11.4 Å². The van der Waals surface area contributed by atoms with Crippen molar-refractivity contribution in [3.63, 3.8) is 0 Å². The van der Waals surface area contributed by atoms with E-state index in [-0.39, 0.29) is 33.8 Å². The van der Waals surface area contributed by atoms with Gasteiger partial charge in [-0.05, 0) is 60.0 Å². The first-order chi connectivity index (χ1) is 16.5. The summed E-state index contributed by atoms with van der Waals surface area (Å²) in [5.74, 6) is -0.00281. The van der Waals surface area contributed by atoms with E-state index in [1.807, 2.05) is 26.0 Å². The zero-order valence-corrected chi connectivity index (χ0v) is 20.1. The highest BCUT2D eigenvalue weighted by molar-refractivity contribution is 7.92. The Hall–Kier alpha value is -3.96. The van der Waals surface area contributed by atoms with Crippen molar-refractivity contribution >= 4 is 55.3 Å². The molecule has 0 spiro atoms. The first-order valence-electron chi connectivity index (χ1n) is 10.4. The fourth-order valence-corrected chi connectivity index (χ4v) is 4.58. The van der Waals surface area contributed by atoms with E-state index in [1.54, 1.807) is 6.07 Å². The predicted molar refractivity (Wildman–Crippen MR) is 134 cm³/mol. The third-order valence-corrected chi connectivity index (χ3v) is 6.88. The van der Waals surface area contributed by atoms with Crippen molar-refractivity contribution < 1.29 is 18.4 Å². The number of benzene rings is 3. The molecule has 180 valence electrons. The first-order valence-corrected chi connectivity index (χ1v) is 12.2. The molecule has 0 atom stereocenters. The summed E-state index contributed by atoms with van der Waals surface area (Å²) in [6.45, 7) is 4.05. The number of hydrogen-bond acceptors (Lipinski definition) is 7. The zero-order valence-electron chi connectivity index (χ0n) is 18.6. The van der Waals surface area contributed by atoms with Gasteiger partial charge in [0, 0.05) is 22.2 Å². The maximum atomic E-state index is 12.7. The Balaban J connectivity index is 1.70. The number of nitro groups is 1. The Labute approximate surface area is 205 Å². The molecule has 0 unspecified atom stereocenters. The van der Waals surface area contributed by atoms with Gasteiger partial charge < -0.3 is 10.1 Å². The van der Waals surface area contributed by atoms with Gasteiger partial charge in [0.1, 0.15) is 0 Å². The number of halogens is 1. The molecular weight excluding hydrogens is 494 g/mol. The Morgan fingerprint density at radius 2 is 1.77 bits per heavy atom. The number of fused-ring (bicyclic) bond motifs is 1. The second-order valence-corrected chi connectivity index (χ2v) is 10.1. The van der Waals surface area contributed by atoms with E-state index in [1.165, 1.54) is 36.4 Å². The second kappa shape index (κ2) is 9.35. The molecule has 3 N–H and O–H groups in total. The molecule has 35 heavy (non-hydrogen) atoms. The molecule has 1 heterocycles. The lowest BCUT2D eigenvalue weighted by Crippen LogP contribution is -2.13. The summed E-state index contributed by atoms with van der Waals surface area (Å²) in [4.78, 5) is 13.4. The third kappa shape index (κ3) is 5.10. The zero-order chi connectivity index (χ0) is 25.3. The summed E-state index contributed by atoms with van der Waals surface area (Å²) in [6.07, 6.45) is 0. The molecule has 0 fully saturated rings. The van der Waals surface area contributed by atoms with Crippen LogP contribution in [0.4, 0.5) is 22.7 Å². The van der Waals surface area contributed by atoms with Gasteiger partial charge in [0.05, 0.1) is 15.3 Å². The SMILES string of the molecule is CC(C)c1ccc2[nH]c(O)c(N=Nc3ccc(S(=O)(=O)Nc4ccc(Cl)cc4)cc3[N+](=O)[O-])c2c1. The first kappa shape index (κ1) is 24.2. The van der Waals surface area contributed by atoms with Crippen LogP contribution in [0.15, 0.2) is 75.8 Å². The van der Waals surface area contributed by atoms with Gasteiger partial charge in [-0.15, -0.1) is 10.2 Å². The number of anilines is 1. The van der Waals surface area contributed by atoms with E-state index in [0.717, 1.165) is 11.6 Å². The number of aromatic hydroxyl groups is 1. The van der Waals surface area contributed by atoms with Gasteiger partial charge in [-0.25, -0.2) is 8.42 Å². The predicted octanol–water partition coefficient (Wildman–Crippen LogP) is 6.77. The Morgan fingerprint density at radius 1 is 1.06 bits per heavy atom. The maximum absolute atomic E-state index is 12.7. The second-order valence-electron chi connectivity index (χ2n) is 8.00. The Morgan fingerprint density at radius 3 is 2.43 bits per heavy atom. The molecule has 4 rings (SSSR count). The number of azo groups is 1. The van der Waals surface area contributed by atoms with Crippen molar-refractivity contribution in [1.82, 2.24) is 4.98 Å². The highest BCUT2D eigenvalue weighted by Crippen LogP contribution is 2.39. The molecule has 12 heteroatoms. The lowest BCUT2D eigenvalue weighted by molar-refractivity contribution is -0.384. The van der Waals surface area contributed by atoms with Crippen LogP contribution in [0.1, 0.15) is 25.3 Å². The number of nitrogens with zero attached hydrogens (tertiary/aromatic N) is 3. The van der Waals surface area contributed by atoms with Gasteiger partial charge >= 0.3 is 0 Å². The minimum atomic E-state index is -4.12. The summed E-state index contributed by atoms with van der Waals surface area (Å²) in [6, 6.07) is 14.8. The van der Waals surface area contributed by atoms with E-state index >= 15 is 0 Å². The number of sulfonamides is 1. The van der Waals surface area contributed by atoms with Gasteiger partial charge in [0.2, 0.25) is 5.88 Å². The van der Waals surface area contributed by atoms with Crippen molar-refractivity contribution in [2.24, 2.45) is 10.2 Å². The van der Waals surface area contributed by atoms with Crippen LogP contribution in [0.3, 0.4) is 0 Å². The van der Waals surface area contributed by atoms with Gasteiger partial charge in [-0.3, -0.25) is 14.8 Å². The molecule has 0 saturated heterocycles. The van der Waals surface area contributed by atoms with Gasteiger partial charge in [0.25, 0.3) is 15.7 Å². The number of aromatic amines is 1. The van der Waals surface area contributed by atoms with Crippen molar-refractivity contribution in [2.45, 2.75) is 24.7 Å². The molecular formula is C23H20ClN5O5S. The quantitative estimate of drug-likeness (QED) is 0.141. The molecule has 0 aliphatic carbocycles. The monoisotopic (exact) mass is 513 g/mol. The summed E-state index contributed by atoms with van der Waals surface area (Å²) in [5, 5.41) is 31.0. The molecule has 0 radical (unpaired) electrons. The minimum absolute atomic E-state index is 0.123.